The number of carbonyl (C=O) groups is 2. The molecule has 0 unspecified atom stereocenters. The molecule has 0 bridgehead atoms. The molecule has 1 N–H and O–H groups in total. The Morgan fingerprint density at radius 1 is 1.27 bits per heavy atom. The molecule has 2 aromatic carbocycles. The van der Waals surface area contributed by atoms with Gasteiger partial charge in [-0.05, 0) is 48.9 Å². The number of ether oxygens (including phenoxy) is 1. The molecular formula is C19H14BrNO5. The third-order valence-electron chi connectivity index (χ3n) is 3.74. The first-order valence-corrected chi connectivity index (χ1v) is 8.46. The van der Waals surface area contributed by atoms with E-state index in [0.29, 0.717) is 22.6 Å². The van der Waals surface area contributed by atoms with Crippen LogP contribution in [-0.2, 0) is 16.2 Å². The number of aromatic carboxylic acids is 1. The van der Waals surface area contributed by atoms with E-state index in [1.807, 2.05) is 12.1 Å². The SMILES string of the molecule is CC1=NOC(=O)/C1=C\c1cc(Br)ccc1OCc1ccc(C(=O)O)cc1. The van der Waals surface area contributed by atoms with Gasteiger partial charge in [-0.2, -0.15) is 0 Å². The molecule has 0 saturated carbocycles. The van der Waals surface area contributed by atoms with Gasteiger partial charge in [0.2, 0.25) is 0 Å². The summed E-state index contributed by atoms with van der Waals surface area (Å²) in [6.45, 7) is 1.95. The Kier molecular flexibility index (Phi) is 5.18. The lowest BCUT2D eigenvalue weighted by atomic mass is 10.1. The lowest BCUT2D eigenvalue weighted by molar-refractivity contribution is -0.136. The third kappa shape index (κ3) is 4.00. The fourth-order valence-electron chi connectivity index (χ4n) is 2.34. The van der Waals surface area contributed by atoms with Crippen LogP contribution in [0.4, 0.5) is 0 Å². The van der Waals surface area contributed by atoms with Crippen molar-refractivity contribution in [3.8, 4) is 5.75 Å². The van der Waals surface area contributed by atoms with E-state index in [-0.39, 0.29) is 12.2 Å². The maximum atomic E-state index is 11.7. The number of benzene rings is 2. The summed E-state index contributed by atoms with van der Waals surface area (Å²) < 4.78 is 6.69. The van der Waals surface area contributed by atoms with E-state index in [2.05, 4.69) is 25.9 Å². The summed E-state index contributed by atoms with van der Waals surface area (Å²) >= 11 is 3.41. The normalized spacial score (nSPS) is 14.9. The summed E-state index contributed by atoms with van der Waals surface area (Å²) in [6.07, 6.45) is 1.67. The molecule has 0 amide bonds. The summed E-state index contributed by atoms with van der Waals surface area (Å²) in [5, 5.41) is 12.6. The second-order valence-corrected chi connectivity index (χ2v) is 6.50. The van der Waals surface area contributed by atoms with E-state index < -0.39 is 11.9 Å². The average molecular weight is 416 g/mol. The van der Waals surface area contributed by atoms with Gasteiger partial charge in [0, 0.05) is 10.0 Å². The Hall–Kier alpha value is -2.93. The fourth-order valence-corrected chi connectivity index (χ4v) is 2.72. The molecule has 132 valence electrons. The minimum atomic E-state index is -0.972. The maximum Gasteiger partial charge on any atom is 0.367 e. The highest BCUT2D eigenvalue weighted by Gasteiger charge is 2.22. The molecule has 0 saturated heterocycles. The zero-order valence-electron chi connectivity index (χ0n) is 13.7. The van der Waals surface area contributed by atoms with Crippen LogP contribution in [0.15, 0.2) is 57.7 Å². The molecule has 0 aromatic heterocycles. The number of carboxylic acid groups (broad SMARTS) is 1. The zero-order chi connectivity index (χ0) is 18.7. The summed E-state index contributed by atoms with van der Waals surface area (Å²) in [6, 6.07) is 11.9. The highest BCUT2D eigenvalue weighted by atomic mass is 79.9. The van der Waals surface area contributed by atoms with Gasteiger partial charge in [0.1, 0.15) is 12.4 Å². The fraction of sp³-hybridized carbons (Fsp3) is 0.105. The number of carboxylic acids is 1. The van der Waals surface area contributed by atoms with Crippen LogP contribution in [0.5, 0.6) is 5.75 Å². The monoisotopic (exact) mass is 415 g/mol. The number of oxime groups is 1. The molecule has 6 nitrogen and oxygen atoms in total. The standard InChI is InChI=1S/C19H14BrNO5/c1-11-16(19(24)26-21-11)9-14-8-15(20)6-7-17(14)25-10-12-2-4-13(5-3-12)18(22)23/h2-9H,10H2,1H3,(H,22,23)/b16-9-. The van der Waals surface area contributed by atoms with Gasteiger partial charge in [-0.25, -0.2) is 9.59 Å². The van der Waals surface area contributed by atoms with Crippen LogP contribution < -0.4 is 4.74 Å². The van der Waals surface area contributed by atoms with Crippen molar-refractivity contribution in [2.24, 2.45) is 5.16 Å². The quantitative estimate of drug-likeness (QED) is 0.588. The largest absolute Gasteiger partial charge is 0.488 e. The van der Waals surface area contributed by atoms with Crippen molar-refractivity contribution in [2.75, 3.05) is 0 Å². The van der Waals surface area contributed by atoms with Gasteiger partial charge in [-0.3, -0.25) is 0 Å². The maximum absolute atomic E-state index is 11.7. The van der Waals surface area contributed by atoms with E-state index in [0.717, 1.165) is 10.0 Å². The third-order valence-corrected chi connectivity index (χ3v) is 4.24. The number of carbonyl (C=O) groups excluding carboxylic acids is 1. The second-order valence-electron chi connectivity index (χ2n) is 5.59. The van der Waals surface area contributed by atoms with E-state index in [9.17, 15) is 9.59 Å². The summed E-state index contributed by atoms with van der Waals surface area (Å²) in [5.74, 6) is -0.895. The first-order chi connectivity index (χ1) is 12.4. The van der Waals surface area contributed by atoms with Gasteiger partial charge >= 0.3 is 11.9 Å². The number of rotatable bonds is 5. The van der Waals surface area contributed by atoms with Crippen molar-refractivity contribution >= 4 is 39.7 Å². The molecule has 26 heavy (non-hydrogen) atoms. The Morgan fingerprint density at radius 3 is 2.62 bits per heavy atom. The van der Waals surface area contributed by atoms with E-state index in [1.54, 1.807) is 31.2 Å². The highest BCUT2D eigenvalue weighted by Crippen LogP contribution is 2.28. The molecule has 3 rings (SSSR count). The van der Waals surface area contributed by atoms with Crippen molar-refractivity contribution in [2.45, 2.75) is 13.5 Å². The average Bonchev–Trinajstić information content (AvgIpc) is 2.93. The van der Waals surface area contributed by atoms with Crippen LogP contribution in [0, 0.1) is 0 Å². The number of halogens is 1. The van der Waals surface area contributed by atoms with Crippen LogP contribution in [0.3, 0.4) is 0 Å². The molecule has 2 aromatic rings. The molecule has 1 aliphatic rings. The van der Waals surface area contributed by atoms with Crippen molar-refractivity contribution in [3.63, 3.8) is 0 Å². The predicted octanol–water partition coefficient (Wildman–Crippen LogP) is 4.04. The molecule has 7 heteroatoms. The van der Waals surface area contributed by atoms with E-state index in [4.69, 9.17) is 9.84 Å². The van der Waals surface area contributed by atoms with Crippen molar-refractivity contribution in [1.29, 1.82) is 0 Å². The van der Waals surface area contributed by atoms with E-state index in [1.165, 1.54) is 12.1 Å². The second kappa shape index (κ2) is 7.53. The van der Waals surface area contributed by atoms with E-state index >= 15 is 0 Å². The zero-order valence-corrected chi connectivity index (χ0v) is 15.3. The minimum Gasteiger partial charge on any atom is -0.488 e. The molecule has 0 radical (unpaired) electrons. The Labute approximate surface area is 157 Å². The van der Waals surface area contributed by atoms with Crippen molar-refractivity contribution < 1.29 is 24.3 Å². The lowest BCUT2D eigenvalue weighted by Gasteiger charge is -2.10. The smallest absolute Gasteiger partial charge is 0.367 e. The number of hydrogen-bond acceptors (Lipinski definition) is 5. The van der Waals surface area contributed by atoms with Gasteiger partial charge in [-0.15, -0.1) is 0 Å². The van der Waals surface area contributed by atoms with Crippen LogP contribution in [0.2, 0.25) is 0 Å². The first-order valence-electron chi connectivity index (χ1n) is 7.66. The van der Waals surface area contributed by atoms with Gasteiger partial charge in [0.25, 0.3) is 0 Å². The molecule has 0 atom stereocenters. The molecular weight excluding hydrogens is 402 g/mol. The molecule has 1 aliphatic heterocycles. The Morgan fingerprint density at radius 2 is 2.00 bits per heavy atom. The molecule has 1 heterocycles. The van der Waals surface area contributed by atoms with Gasteiger partial charge in [0.15, 0.2) is 0 Å². The Balaban J connectivity index is 1.82. The highest BCUT2D eigenvalue weighted by molar-refractivity contribution is 9.10. The number of hydrogen-bond donors (Lipinski definition) is 1. The van der Waals surface area contributed by atoms with Gasteiger partial charge in [0.05, 0.1) is 16.8 Å². The summed E-state index contributed by atoms with van der Waals surface area (Å²) in [5.41, 5.74) is 2.63. The summed E-state index contributed by atoms with van der Waals surface area (Å²) in [7, 11) is 0. The Bertz CT molecular complexity index is 931. The van der Waals surface area contributed by atoms with Gasteiger partial charge in [-0.1, -0.05) is 33.2 Å². The molecule has 0 aliphatic carbocycles. The van der Waals surface area contributed by atoms with Crippen LogP contribution in [-0.4, -0.2) is 22.8 Å². The van der Waals surface area contributed by atoms with Crippen LogP contribution in [0.25, 0.3) is 6.08 Å². The van der Waals surface area contributed by atoms with Crippen molar-refractivity contribution in [1.82, 2.24) is 0 Å². The number of nitrogens with zero attached hydrogens (tertiary/aromatic N) is 1. The van der Waals surface area contributed by atoms with Gasteiger partial charge < -0.3 is 14.7 Å². The minimum absolute atomic E-state index is 0.220. The van der Waals surface area contributed by atoms with Crippen molar-refractivity contribution in [3.05, 3.63) is 69.2 Å². The lowest BCUT2D eigenvalue weighted by Crippen LogP contribution is -2.03. The molecule has 0 spiro atoms. The first kappa shape index (κ1) is 17.9. The summed E-state index contributed by atoms with van der Waals surface area (Å²) in [4.78, 5) is 27.3. The van der Waals surface area contributed by atoms with Crippen LogP contribution in [0.1, 0.15) is 28.4 Å². The molecule has 0 fully saturated rings. The predicted molar refractivity (Wildman–Crippen MR) is 99.1 cm³/mol. The van der Waals surface area contributed by atoms with Crippen LogP contribution >= 0.6 is 15.9 Å². The topological polar surface area (TPSA) is 85.2 Å².